The normalized spacial score (nSPS) is 14.6. The van der Waals surface area contributed by atoms with E-state index in [1.165, 1.54) is 0 Å². The number of aliphatic hydroxyl groups excluding tert-OH is 1. The molecule has 14 heavy (non-hydrogen) atoms. The van der Waals surface area contributed by atoms with Crippen molar-refractivity contribution in [2.75, 3.05) is 13.4 Å². The maximum atomic E-state index is 8.82. The summed E-state index contributed by atoms with van der Waals surface area (Å²) in [6.45, 7) is 0.276. The molecule has 1 aromatic rings. The molecule has 0 saturated heterocycles. The number of benzene rings is 1. The molecule has 0 spiro atoms. The molecule has 4 heteroatoms. The van der Waals surface area contributed by atoms with Gasteiger partial charge in [-0.15, -0.1) is 0 Å². The van der Waals surface area contributed by atoms with Gasteiger partial charge >= 0.3 is 0 Å². The van der Waals surface area contributed by atoms with Crippen molar-refractivity contribution in [2.24, 2.45) is 0 Å². The SMILES string of the molecule is OC/C(Br)=C/c1ccc2c(c1)OCO2. The lowest BCUT2D eigenvalue weighted by Gasteiger charge is -1.98. The van der Waals surface area contributed by atoms with Crippen LogP contribution in [-0.2, 0) is 0 Å². The summed E-state index contributed by atoms with van der Waals surface area (Å²) in [6.07, 6.45) is 1.84. The fourth-order valence-corrected chi connectivity index (χ4v) is 1.49. The van der Waals surface area contributed by atoms with E-state index in [1.54, 1.807) is 0 Å². The Kier molecular flexibility index (Phi) is 2.74. The topological polar surface area (TPSA) is 38.7 Å². The fourth-order valence-electron chi connectivity index (χ4n) is 1.23. The maximum Gasteiger partial charge on any atom is 0.231 e. The van der Waals surface area contributed by atoms with Gasteiger partial charge < -0.3 is 14.6 Å². The standard InChI is InChI=1S/C10H9BrO3/c11-8(5-12)3-7-1-2-9-10(4-7)14-6-13-9/h1-4,12H,5-6H2/b8-3-. The largest absolute Gasteiger partial charge is 0.454 e. The van der Waals surface area contributed by atoms with Gasteiger partial charge in [-0.05, 0) is 23.8 Å². The molecule has 0 radical (unpaired) electrons. The predicted molar refractivity (Wildman–Crippen MR) is 56.6 cm³/mol. The van der Waals surface area contributed by atoms with E-state index in [4.69, 9.17) is 14.6 Å². The number of ether oxygens (including phenoxy) is 2. The molecule has 0 atom stereocenters. The summed E-state index contributed by atoms with van der Waals surface area (Å²) in [5.41, 5.74) is 0.968. The Bertz CT molecular complexity index is 374. The first-order valence-corrected chi connectivity index (χ1v) is 4.95. The Morgan fingerprint density at radius 3 is 3.00 bits per heavy atom. The highest BCUT2D eigenvalue weighted by atomic mass is 79.9. The Balaban J connectivity index is 2.29. The van der Waals surface area contributed by atoms with Crippen molar-refractivity contribution in [3.05, 3.63) is 28.2 Å². The lowest BCUT2D eigenvalue weighted by molar-refractivity contribution is 0.174. The van der Waals surface area contributed by atoms with Gasteiger partial charge in [0.1, 0.15) is 0 Å². The van der Waals surface area contributed by atoms with Crippen LogP contribution in [0.3, 0.4) is 0 Å². The van der Waals surface area contributed by atoms with Crippen LogP contribution in [0.4, 0.5) is 0 Å². The average molecular weight is 257 g/mol. The van der Waals surface area contributed by atoms with Gasteiger partial charge in [0.25, 0.3) is 0 Å². The molecule has 1 aliphatic rings. The van der Waals surface area contributed by atoms with Crippen molar-refractivity contribution in [2.45, 2.75) is 0 Å². The van der Waals surface area contributed by atoms with Crippen molar-refractivity contribution < 1.29 is 14.6 Å². The van der Waals surface area contributed by atoms with Crippen LogP contribution in [0.1, 0.15) is 5.56 Å². The van der Waals surface area contributed by atoms with Crippen LogP contribution in [0, 0.1) is 0 Å². The molecule has 0 fully saturated rings. The molecule has 0 unspecified atom stereocenters. The summed E-state index contributed by atoms with van der Waals surface area (Å²) in [4.78, 5) is 0. The van der Waals surface area contributed by atoms with Gasteiger partial charge in [0, 0.05) is 4.48 Å². The van der Waals surface area contributed by atoms with Crippen LogP contribution < -0.4 is 9.47 Å². The van der Waals surface area contributed by atoms with E-state index in [0.29, 0.717) is 0 Å². The highest BCUT2D eigenvalue weighted by molar-refractivity contribution is 9.11. The molecular formula is C10H9BrO3. The second kappa shape index (κ2) is 4.02. The number of halogens is 1. The zero-order valence-corrected chi connectivity index (χ0v) is 8.95. The minimum atomic E-state index is -0.00551. The molecule has 1 N–H and O–H groups in total. The molecule has 0 saturated carbocycles. The Morgan fingerprint density at radius 2 is 2.21 bits per heavy atom. The molecule has 0 amide bonds. The number of hydrogen-bond acceptors (Lipinski definition) is 3. The fraction of sp³-hybridized carbons (Fsp3) is 0.200. The third-order valence-electron chi connectivity index (χ3n) is 1.87. The lowest BCUT2D eigenvalue weighted by atomic mass is 10.2. The van der Waals surface area contributed by atoms with Gasteiger partial charge in [0.05, 0.1) is 6.61 Å². The number of hydrogen-bond donors (Lipinski definition) is 1. The Morgan fingerprint density at radius 1 is 1.43 bits per heavy atom. The molecular weight excluding hydrogens is 248 g/mol. The Labute approximate surface area is 90.1 Å². The van der Waals surface area contributed by atoms with Crippen LogP contribution >= 0.6 is 15.9 Å². The maximum absolute atomic E-state index is 8.82. The summed E-state index contributed by atoms with van der Waals surface area (Å²) in [5.74, 6) is 1.51. The second-order valence-electron chi connectivity index (χ2n) is 2.86. The van der Waals surface area contributed by atoms with Gasteiger partial charge in [0.2, 0.25) is 6.79 Å². The quantitative estimate of drug-likeness (QED) is 0.882. The van der Waals surface area contributed by atoms with Crippen LogP contribution in [0.15, 0.2) is 22.7 Å². The molecule has 0 bridgehead atoms. The van der Waals surface area contributed by atoms with Gasteiger partial charge in [-0.2, -0.15) is 0 Å². The summed E-state index contributed by atoms with van der Waals surface area (Å²) in [5, 5.41) is 8.82. The van der Waals surface area contributed by atoms with Gasteiger partial charge in [-0.25, -0.2) is 0 Å². The van der Waals surface area contributed by atoms with Crippen LogP contribution in [0.2, 0.25) is 0 Å². The smallest absolute Gasteiger partial charge is 0.231 e. The average Bonchev–Trinajstić information content (AvgIpc) is 2.64. The molecule has 1 heterocycles. The van der Waals surface area contributed by atoms with Gasteiger partial charge in [-0.3, -0.25) is 0 Å². The lowest BCUT2D eigenvalue weighted by Crippen LogP contribution is -1.92. The molecule has 1 aliphatic heterocycles. The highest BCUT2D eigenvalue weighted by Crippen LogP contribution is 2.33. The zero-order valence-electron chi connectivity index (χ0n) is 7.37. The minimum absolute atomic E-state index is 0.00551. The molecule has 2 rings (SSSR count). The summed E-state index contributed by atoms with van der Waals surface area (Å²) in [6, 6.07) is 5.63. The van der Waals surface area contributed by atoms with E-state index in [2.05, 4.69) is 15.9 Å². The van der Waals surface area contributed by atoms with Crippen molar-refractivity contribution in [1.82, 2.24) is 0 Å². The first-order chi connectivity index (χ1) is 6.79. The molecule has 1 aromatic carbocycles. The van der Waals surface area contributed by atoms with E-state index in [1.807, 2.05) is 24.3 Å². The Hall–Kier alpha value is -1.00. The minimum Gasteiger partial charge on any atom is -0.454 e. The predicted octanol–water partition coefficient (Wildman–Crippen LogP) is 2.14. The molecule has 74 valence electrons. The summed E-state index contributed by atoms with van der Waals surface area (Å²) >= 11 is 3.23. The van der Waals surface area contributed by atoms with Gasteiger partial charge in [0.15, 0.2) is 11.5 Å². The van der Waals surface area contributed by atoms with Crippen molar-refractivity contribution in [3.8, 4) is 11.5 Å². The highest BCUT2D eigenvalue weighted by Gasteiger charge is 2.12. The van der Waals surface area contributed by atoms with E-state index in [9.17, 15) is 0 Å². The van der Waals surface area contributed by atoms with E-state index in [-0.39, 0.29) is 13.4 Å². The first kappa shape index (κ1) is 9.55. The van der Waals surface area contributed by atoms with Gasteiger partial charge in [-0.1, -0.05) is 22.0 Å². The number of fused-ring (bicyclic) bond motifs is 1. The van der Waals surface area contributed by atoms with E-state index < -0.39 is 0 Å². The third-order valence-corrected chi connectivity index (χ3v) is 2.35. The van der Waals surface area contributed by atoms with E-state index >= 15 is 0 Å². The molecule has 0 aromatic heterocycles. The number of aliphatic hydroxyl groups is 1. The second-order valence-corrected chi connectivity index (χ2v) is 3.88. The van der Waals surface area contributed by atoms with E-state index in [0.717, 1.165) is 21.5 Å². The monoisotopic (exact) mass is 256 g/mol. The summed E-state index contributed by atoms with van der Waals surface area (Å²) in [7, 11) is 0. The van der Waals surface area contributed by atoms with Crippen LogP contribution in [0.25, 0.3) is 6.08 Å². The van der Waals surface area contributed by atoms with Crippen molar-refractivity contribution in [1.29, 1.82) is 0 Å². The number of rotatable bonds is 2. The summed E-state index contributed by atoms with van der Waals surface area (Å²) < 4.78 is 11.1. The third kappa shape index (κ3) is 1.91. The van der Waals surface area contributed by atoms with Crippen molar-refractivity contribution in [3.63, 3.8) is 0 Å². The molecule has 0 aliphatic carbocycles. The first-order valence-electron chi connectivity index (χ1n) is 4.16. The zero-order chi connectivity index (χ0) is 9.97. The van der Waals surface area contributed by atoms with Crippen molar-refractivity contribution >= 4 is 22.0 Å². The molecule has 3 nitrogen and oxygen atoms in total. The van der Waals surface area contributed by atoms with Crippen LogP contribution in [-0.4, -0.2) is 18.5 Å². The van der Waals surface area contributed by atoms with Crippen LogP contribution in [0.5, 0.6) is 11.5 Å².